The fraction of sp³-hybridized carbons (Fsp3) is 0.174. The number of anilines is 1. The third-order valence-corrected chi connectivity index (χ3v) is 5.15. The number of carbonyl (C=O) groups excluding carboxylic acids is 1. The van der Waals surface area contributed by atoms with E-state index in [0.717, 1.165) is 22.0 Å². The van der Waals surface area contributed by atoms with Gasteiger partial charge in [-0.1, -0.05) is 95.5 Å². The molecular formula is C23H21Cl3N2O. The molecule has 6 heteroatoms. The first-order valence-corrected chi connectivity index (χ1v) is 10.4. The lowest BCUT2D eigenvalue weighted by molar-refractivity contribution is -0.117. The molecule has 150 valence electrons. The number of halogens is 3. The first-order chi connectivity index (χ1) is 13.9. The molecule has 1 amide bonds. The summed E-state index contributed by atoms with van der Waals surface area (Å²) in [5.41, 5.74) is 1.77. The number of hydrogen-bond donors (Lipinski definition) is 1. The van der Waals surface area contributed by atoms with Crippen molar-refractivity contribution in [3.63, 3.8) is 0 Å². The van der Waals surface area contributed by atoms with E-state index in [9.17, 15) is 4.79 Å². The molecule has 1 atom stereocenters. The highest BCUT2D eigenvalue weighted by molar-refractivity contribution is 6.68. The SMILES string of the molecule is CCN(c1ccc2ccccc2c1)C(NC(=O)/C=C/c1ccccc1)C(Cl)(Cl)Cl. The topological polar surface area (TPSA) is 32.3 Å². The number of amides is 1. The first kappa shape index (κ1) is 21.5. The van der Waals surface area contributed by atoms with E-state index < -0.39 is 9.96 Å². The standard InChI is InChI=1S/C23H21Cl3N2O/c1-2-28(20-14-13-18-10-6-7-11-19(18)16-20)22(23(24,25)26)27-21(29)15-12-17-8-4-3-5-9-17/h3-16,22H,2H2,1H3,(H,27,29)/b15-12+. The molecule has 3 aromatic carbocycles. The van der Waals surface area contributed by atoms with Crippen LogP contribution in [0, 0.1) is 0 Å². The fourth-order valence-corrected chi connectivity index (χ4v) is 3.64. The van der Waals surface area contributed by atoms with Gasteiger partial charge in [0.2, 0.25) is 9.70 Å². The van der Waals surface area contributed by atoms with Crippen molar-refractivity contribution in [1.82, 2.24) is 5.32 Å². The van der Waals surface area contributed by atoms with Crippen LogP contribution >= 0.6 is 34.8 Å². The van der Waals surface area contributed by atoms with Crippen LogP contribution < -0.4 is 10.2 Å². The molecule has 0 fully saturated rings. The summed E-state index contributed by atoms with van der Waals surface area (Å²) in [6, 6.07) is 23.6. The molecule has 0 heterocycles. The van der Waals surface area contributed by atoms with E-state index in [1.54, 1.807) is 6.08 Å². The van der Waals surface area contributed by atoms with E-state index >= 15 is 0 Å². The zero-order valence-electron chi connectivity index (χ0n) is 15.9. The van der Waals surface area contributed by atoms with Crippen molar-refractivity contribution < 1.29 is 4.79 Å². The van der Waals surface area contributed by atoms with Crippen molar-refractivity contribution in [2.75, 3.05) is 11.4 Å². The number of alkyl halides is 3. The number of nitrogens with zero attached hydrogens (tertiary/aromatic N) is 1. The van der Waals surface area contributed by atoms with E-state index in [1.165, 1.54) is 6.08 Å². The molecule has 3 rings (SSSR count). The highest BCUT2D eigenvalue weighted by Crippen LogP contribution is 2.35. The van der Waals surface area contributed by atoms with Gasteiger partial charge in [-0.25, -0.2) is 0 Å². The quantitative estimate of drug-likeness (QED) is 0.277. The highest BCUT2D eigenvalue weighted by Gasteiger charge is 2.38. The largest absolute Gasteiger partial charge is 0.348 e. The van der Waals surface area contributed by atoms with Gasteiger partial charge in [0.25, 0.3) is 0 Å². The maximum absolute atomic E-state index is 12.5. The molecule has 29 heavy (non-hydrogen) atoms. The van der Waals surface area contributed by atoms with Crippen molar-refractivity contribution in [3.8, 4) is 0 Å². The van der Waals surface area contributed by atoms with Gasteiger partial charge < -0.3 is 10.2 Å². The average molecular weight is 448 g/mol. The third kappa shape index (κ3) is 5.66. The summed E-state index contributed by atoms with van der Waals surface area (Å²) >= 11 is 18.8. The van der Waals surface area contributed by atoms with Crippen molar-refractivity contribution in [3.05, 3.63) is 84.4 Å². The Morgan fingerprint density at radius 2 is 1.66 bits per heavy atom. The average Bonchev–Trinajstić information content (AvgIpc) is 2.72. The second-order valence-corrected chi connectivity index (χ2v) is 8.88. The van der Waals surface area contributed by atoms with Crippen molar-refractivity contribution >= 4 is 63.2 Å². The zero-order valence-corrected chi connectivity index (χ0v) is 18.1. The minimum Gasteiger partial charge on any atom is -0.348 e. The molecule has 0 aliphatic carbocycles. The summed E-state index contributed by atoms with van der Waals surface area (Å²) in [7, 11) is 0. The molecule has 0 saturated heterocycles. The summed E-state index contributed by atoms with van der Waals surface area (Å²) in [5.74, 6) is -0.343. The van der Waals surface area contributed by atoms with Gasteiger partial charge in [0.1, 0.15) is 6.17 Å². The van der Waals surface area contributed by atoms with Crippen LogP contribution in [0.25, 0.3) is 16.8 Å². The van der Waals surface area contributed by atoms with E-state index in [0.29, 0.717) is 6.54 Å². The molecule has 0 saturated carbocycles. The van der Waals surface area contributed by atoms with Crippen LogP contribution in [-0.2, 0) is 4.79 Å². The van der Waals surface area contributed by atoms with Gasteiger partial charge in [-0.05, 0) is 41.5 Å². The summed E-state index contributed by atoms with van der Waals surface area (Å²) in [5, 5.41) is 5.02. The van der Waals surface area contributed by atoms with Crippen molar-refractivity contribution in [2.24, 2.45) is 0 Å². The third-order valence-electron chi connectivity index (χ3n) is 4.53. The molecule has 3 aromatic rings. The predicted molar refractivity (Wildman–Crippen MR) is 125 cm³/mol. The van der Waals surface area contributed by atoms with Gasteiger partial charge in [-0.2, -0.15) is 0 Å². The number of hydrogen-bond acceptors (Lipinski definition) is 2. The summed E-state index contributed by atoms with van der Waals surface area (Å²) in [4.78, 5) is 14.4. The zero-order chi connectivity index (χ0) is 20.9. The molecule has 1 N–H and O–H groups in total. The molecule has 0 aromatic heterocycles. The fourth-order valence-electron chi connectivity index (χ4n) is 3.12. The van der Waals surface area contributed by atoms with Crippen LogP contribution in [0.3, 0.4) is 0 Å². The van der Waals surface area contributed by atoms with Crippen LogP contribution in [0.4, 0.5) is 5.69 Å². The smallest absolute Gasteiger partial charge is 0.245 e. The molecule has 0 spiro atoms. The van der Waals surface area contributed by atoms with Crippen LogP contribution in [0.5, 0.6) is 0 Å². The lowest BCUT2D eigenvalue weighted by Crippen LogP contribution is -2.55. The van der Waals surface area contributed by atoms with E-state index in [4.69, 9.17) is 34.8 Å². The predicted octanol–water partition coefficient (Wildman–Crippen LogP) is 6.19. The number of rotatable bonds is 6. The van der Waals surface area contributed by atoms with Crippen molar-refractivity contribution in [2.45, 2.75) is 16.9 Å². The van der Waals surface area contributed by atoms with Crippen LogP contribution in [-0.4, -0.2) is 22.4 Å². The number of nitrogens with one attached hydrogen (secondary N) is 1. The van der Waals surface area contributed by atoms with Gasteiger partial charge >= 0.3 is 0 Å². The van der Waals surface area contributed by atoms with E-state index in [2.05, 4.69) is 5.32 Å². The number of carbonyl (C=O) groups is 1. The minimum atomic E-state index is -1.72. The Balaban J connectivity index is 1.85. The number of benzene rings is 3. The molecule has 0 aliphatic heterocycles. The van der Waals surface area contributed by atoms with E-state index in [1.807, 2.05) is 84.6 Å². The molecule has 0 radical (unpaired) electrons. The van der Waals surface area contributed by atoms with Gasteiger partial charge in [0.05, 0.1) is 0 Å². The molecule has 1 unspecified atom stereocenters. The Kier molecular flexibility index (Phi) is 7.07. The molecule has 3 nitrogen and oxygen atoms in total. The molecule has 0 aliphatic rings. The monoisotopic (exact) mass is 446 g/mol. The maximum Gasteiger partial charge on any atom is 0.245 e. The van der Waals surface area contributed by atoms with E-state index in [-0.39, 0.29) is 5.91 Å². The second kappa shape index (κ2) is 9.53. The lowest BCUT2D eigenvalue weighted by Gasteiger charge is -2.37. The van der Waals surface area contributed by atoms with Gasteiger partial charge in [-0.15, -0.1) is 0 Å². The summed E-state index contributed by atoms with van der Waals surface area (Å²) in [6.07, 6.45) is 2.32. The van der Waals surface area contributed by atoms with Crippen molar-refractivity contribution in [1.29, 1.82) is 0 Å². The normalized spacial score (nSPS) is 12.8. The lowest BCUT2D eigenvalue weighted by atomic mass is 10.1. The summed E-state index contributed by atoms with van der Waals surface area (Å²) < 4.78 is -1.72. The molecule has 0 bridgehead atoms. The Morgan fingerprint density at radius 3 is 2.31 bits per heavy atom. The molecular weight excluding hydrogens is 427 g/mol. The summed E-state index contributed by atoms with van der Waals surface area (Å²) in [6.45, 7) is 2.49. The Morgan fingerprint density at radius 1 is 1.00 bits per heavy atom. The van der Waals surface area contributed by atoms with Gasteiger partial charge in [0.15, 0.2) is 0 Å². The van der Waals surface area contributed by atoms with Gasteiger partial charge in [0, 0.05) is 18.3 Å². The van der Waals surface area contributed by atoms with Gasteiger partial charge in [-0.3, -0.25) is 4.79 Å². The highest BCUT2D eigenvalue weighted by atomic mass is 35.6. The van der Waals surface area contributed by atoms with Crippen LogP contribution in [0.15, 0.2) is 78.9 Å². The second-order valence-electron chi connectivity index (χ2n) is 6.51. The Bertz CT molecular complexity index is 1000. The van der Waals surface area contributed by atoms with Crippen LogP contribution in [0.2, 0.25) is 0 Å². The van der Waals surface area contributed by atoms with Crippen LogP contribution in [0.1, 0.15) is 12.5 Å². The minimum absolute atomic E-state index is 0.343. The maximum atomic E-state index is 12.5. The number of fused-ring (bicyclic) bond motifs is 1. The Labute approximate surface area is 185 Å². The first-order valence-electron chi connectivity index (χ1n) is 9.24. The Hall–Kier alpha value is -2.20.